The molecule has 1 amide bonds. The molecule has 1 aliphatic rings. The molecule has 4 rings (SSSR count). The molecule has 1 saturated heterocycles. The second kappa shape index (κ2) is 6.48. The number of carbonyl (C=O) groups excluding carboxylic acids is 1. The van der Waals surface area contributed by atoms with Crippen LogP contribution in [0.2, 0.25) is 0 Å². The van der Waals surface area contributed by atoms with E-state index in [1.807, 2.05) is 53.4 Å². The SMILES string of the molecule is C=CCn1c(C2CC(=O)N(c3ccc(Br)cc3)C2)nc2ccccc21. The van der Waals surface area contributed by atoms with Gasteiger partial charge in [0.15, 0.2) is 0 Å². The number of aromatic nitrogens is 2. The third-order valence-corrected chi connectivity index (χ3v) is 5.15. The predicted molar refractivity (Wildman–Crippen MR) is 104 cm³/mol. The summed E-state index contributed by atoms with van der Waals surface area (Å²) in [5.74, 6) is 1.20. The van der Waals surface area contributed by atoms with Crippen LogP contribution in [0.25, 0.3) is 11.0 Å². The van der Waals surface area contributed by atoms with Gasteiger partial charge in [-0.05, 0) is 36.4 Å². The molecule has 5 heteroatoms. The molecule has 3 aromatic rings. The van der Waals surface area contributed by atoms with Crippen LogP contribution in [0.4, 0.5) is 5.69 Å². The zero-order valence-corrected chi connectivity index (χ0v) is 15.3. The van der Waals surface area contributed by atoms with Gasteiger partial charge in [-0.25, -0.2) is 4.98 Å². The Bertz CT molecular complexity index is 945. The van der Waals surface area contributed by atoms with E-state index >= 15 is 0 Å². The molecule has 1 aliphatic heterocycles. The Morgan fingerprint density at radius 1 is 1.20 bits per heavy atom. The number of fused-ring (bicyclic) bond motifs is 1. The van der Waals surface area contributed by atoms with Crippen molar-refractivity contribution in [2.45, 2.75) is 18.9 Å². The highest BCUT2D eigenvalue weighted by molar-refractivity contribution is 9.10. The summed E-state index contributed by atoms with van der Waals surface area (Å²) in [5.41, 5.74) is 2.99. The Labute approximate surface area is 154 Å². The van der Waals surface area contributed by atoms with Gasteiger partial charge in [-0.2, -0.15) is 0 Å². The lowest BCUT2D eigenvalue weighted by molar-refractivity contribution is -0.117. The summed E-state index contributed by atoms with van der Waals surface area (Å²) in [7, 11) is 0. The first-order valence-electron chi connectivity index (χ1n) is 8.29. The minimum atomic E-state index is 0.0866. The molecule has 25 heavy (non-hydrogen) atoms. The van der Waals surface area contributed by atoms with Crippen LogP contribution in [0.15, 0.2) is 65.7 Å². The minimum Gasteiger partial charge on any atom is -0.324 e. The van der Waals surface area contributed by atoms with Gasteiger partial charge in [0.25, 0.3) is 0 Å². The largest absolute Gasteiger partial charge is 0.324 e. The molecule has 0 bridgehead atoms. The first-order chi connectivity index (χ1) is 12.2. The highest BCUT2D eigenvalue weighted by atomic mass is 79.9. The molecule has 1 atom stereocenters. The molecule has 126 valence electrons. The van der Waals surface area contributed by atoms with Crippen LogP contribution in [-0.4, -0.2) is 22.0 Å². The zero-order valence-electron chi connectivity index (χ0n) is 13.7. The Morgan fingerprint density at radius 3 is 2.72 bits per heavy atom. The van der Waals surface area contributed by atoms with E-state index in [1.54, 1.807) is 0 Å². The van der Waals surface area contributed by atoms with Crippen molar-refractivity contribution < 1.29 is 4.79 Å². The van der Waals surface area contributed by atoms with Gasteiger partial charge < -0.3 is 9.47 Å². The second-order valence-corrected chi connectivity index (χ2v) is 7.16. The highest BCUT2D eigenvalue weighted by Gasteiger charge is 2.34. The van der Waals surface area contributed by atoms with E-state index in [2.05, 4.69) is 33.1 Å². The number of benzene rings is 2. The number of hydrogen-bond donors (Lipinski definition) is 0. The average molecular weight is 396 g/mol. The maximum absolute atomic E-state index is 12.6. The molecule has 1 aromatic heterocycles. The van der Waals surface area contributed by atoms with Gasteiger partial charge in [0.2, 0.25) is 5.91 Å². The van der Waals surface area contributed by atoms with E-state index in [-0.39, 0.29) is 11.8 Å². The van der Waals surface area contributed by atoms with Gasteiger partial charge in [-0.15, -0.1) is 6.58 Å². The number of halogens is 1. The van der Waals surface area contributed by atoms with Crippen molar-refractivity contribution >= 4 is 38.6 Å². The third-order valence-electron chi connectivity index (χ3n) is 4.62. The van der Waals surface area contributed by atoms with Crippen LogP contribution in [-0.2, 0) is 11.3 Å². The number of anilines is 1. The first kappa shape index (κ1) is 16.1. The molecule has 2 aromatic carbocycles. The molecular weight excluding hydrogens is 378 g/mol. The standard InChI is InChI=1S/C20H18BrN3O/c1-2-11-23-18-6-4-3-5-17(18)22-20(23)14-12-19(25)24(13-14)16-9-7-15(21)8-10-16/h2-10,14H,1,11-13H2. The van der Waals surface area contributed by atoms with Gasteiger partial charge >= 0.3 is 0 Å². The fourth-order valence-electron chi connectivity index (χ4n) is 3.48. The van der Waals surface area contributed by atoms with Crippen molar-refractivity contribution in [3.8, 4) is 0 Å². The van der Waals surface area contributed by atoms with Crippen molar-refractivity contribution in [3.05, 3.63) is 71.5 Å². The molecule has 0 N–H and O–H groups in total. The summed E-state index contributed by atoms with van der Waals surface area (Å²) < 4.78 is 3.18. The zero-order chi connectivity index (χ0) is 17.4. The molecule has 4 nitrogen and oxygen atoms in total. The normalized spacial score (nSPS) is 17.4. The van der Waals surface area contributed by atoms with Crippen molar-refractivity contribution in [1.82, 2.24) is 9.55 Å². The predicted octanol–water partition coefficient (Wildman–Crippen LogP) is 4.51. The summed E-state index contributed by atoms with van der Waals surface area (Å²) in [6, 6.07) is 16.0. The summed E-state index contributed by atoms with van der Waals surface area (Å²) in [5, 5.41) is 0. The van der Waals surface area contributed by atoms with E-state index in [9.17, 15) is 4.79 Å². The van der Waals surface area contributed by atoms with Crippen LogP contribution in [0, 0.1) is 0 Å². The Kier molecular flexibility index (Phi) is 4.17. The summed E-state index contributed by atoms with van der Waals surface area (Å²) >= 11 is 3.44. The van der Waals surface area contributed by atoms with Crippen LogP contribution in [0.3, 0.4) is 0 Å². The maximum atomic E-state index is 12.6. The Hall–Kier alpha value is -2.40. The lowest BCUT2D eigenvalue weighted by Crippen LogP contribution is -2.24. The first-order valence-corrected chi connectivity index (χ1v) is 9.08. The number of allylic oxidation sites excluding steroid dienone is 1. The summed E-state index contributed by atoms with van der Waals surface area (Å²) in [4.78, 5) is 19.3. The van der Waals surface area contributed by atoms with Crippen molar-refractivity contribution in [3.63, 3.8) is 0 Å². The molecule has 0 aliphatic carbocycles. The van der Waals surface area contributed by atoms with E-state index in [1.165, 1.54) is 0 Å². The van der Waals surface area contributed by atoms with Crippen molar-refractivity contribution in [2.75, 3.05) is 11.4 Å². The van der Waals surface area contributed by atoms with Crippen LogP contribution in [0.1, 0.15) is 18.2 Å². The highest BCUT2D eigenvalue weighted by Crippen LogP contribution is 2.33. The van der Waals surface area contributed by atoms with Gasteiger partial charge in [0.1, 0.15) is 5.82 Å². The lowest BCUT2D eigenvalue weighted by atomic mass is 10.1. The Morgan fingerprint density at radius 2 is 1.96 bits per heavy atom. The number of hydrogen-bond acceptors (Lipinski definition) is 2. The van der Waals surface area contributed by atoms with Gasteiger partial charge in [0.05, 0.1) is 11.0 Å². The van der Waals surface area contributed by atoms with Gasteiger partial charge in [0, 0.05) is 35.6 Å². The number of rotatable bonds is 4. The monoisotopic (exact) mass is 395 g/mol. The molecule has 1 fully saturated rings. The van der Waals surface area contributed by atoms with Gasteiger partial charge in [-0.3, -0.25) is 4.79 Å². The number of imidazole rings is 1. The average Bonchev–Trinajstić information content (AvgIpc) is 3.17. The Balaban J connectivity index is 1.70. The second-order valence-electron chi connectivity index (χ2n) is 6.24. The van der Waals surface area contributed by atoms with Crippen LogP contribution >= 0.6 is 15.9 Å². The molecule has 1 unspecified atom stereocenters. The molecule has 0 spiro atoms. The topological polar surface area (TPSA) is 38.1 Å². The summed E-state index contributed by atoms with van der Waals surface area (Å²) in [6.07, 6.45) is 2.36. The smallest absolute Gasteiger partial charge is 0.227 e. The van der Waals surface area contributed by atoms with Crippen molar-refractivity contribution in [2.24, 2.45) is 0 Å². The number of nitrogens with zero attached hydrogens (tertiary/aromatic N) is 3. The van der Waals surface area contributed by atoms with Crippen LogP contribution in [0.5, 0.6) is 0 Å². The molecule has 0 saturated carbocycles. The van der Waals surface area contributed by atoms with E-state index < -0.39 is 0 Å². The molecule has 2 heterocycles. The minimum absolute atomic E-state index is 0.0866. The van der Waals surface area contributed by atoms with E-state index in [0.29, 0.717) is 19.5 Å². The third kappa shape index (κ3) is 2.89. The fraction of sp³-hybridized carbons (Fsp3) is 0.200. The van der Waals surface area contributed by atoms with E-state index in [0.717, 1.165) is 27.0 Å². The maximum Gasteiger partial charge on any atom is 0.227 e. The lowest BCUT2D eigenvalue weighted by Gasteiger charge is -2.17. The summed E-state index contributed by atoms with van der Waals surface area (Å²) in [6.45, 7) is 5.21. The fourth-order valence-corrected chi connectivity index (χ4v) is 3.74. The van der Waals surface area contributed by atoms with Crippen molar-refractivity contribution in [1.29, 1.82) is 0 Å². The number of para-hydroxylation sites is 2. The number of carbonyl (C=O) groups is 1. The quantitative estimate of drug-likeness (QED) is 0.609. The molecular formula is C20H18BrN3O. The number of amides is 1. The van der Waals surface area contributed by atoms with E-state index in [4.69, 9.17) is 4.98 Å². The van der Waals surface area contributed by atoms with Gasteiger partial charge in [-0.1, -0.05) is 34.1 Å². The van der Waals surface area contributed by atoms with Crippen LogP contribution < -0.4 is 4.90 Å². The molecule has 0 radical (unpaired) electrons.